The second-order valence-electron chi connectivity index (χ2n) is 4.99. The number of carbonyl (C=O) groups is 2. The van der Waals surface area contributed by atoms with Gasteiger partial charge in [0.2, 0.25) is 11.8 Å². The maximum absolute atomic E-state index is 12.1. The molecule has 0 saturated carbocycles. The number of rotatable bonds is 8. The Morgan fingerprint density at radius 2 is 1.90 bits per heavy atom. The van der Waals surface area contributed by atoms with E-state index in [1.54, 1.807) is 4.90 Å². The van der Waals surface area contributed by atoms with Crippen molar-refractivity contribution in [3.05, 3.63) is 0 Å². The highest BCUT2D eigenvalue weighted by Gasteiger charge is 2.33. The van der Waals surface area contributed by atoms with E-state index in [2.05, 4.69) is 17.6 Å². The van der Waals surface area contributed by atoms with Gasteiger partial charge in [-0.3, -0.25) is 9.59 Å². The van der Waals surface area contributed by atoms with Crippen molar-refractivity contribution < 1.29 is 14.3 Å². The minimum absolute atomic E-state index is 0.0414. The van der Waals surface area contributed by atoms with Crippen LogP contribution in [0.1, 0.15) is 27.2 Å². The Morgan fingerprint density at radius 3 is 2.50 bits per heavy atom. The molecule has 0 aromatic rings. The van der Waals surface area contributed by atoms with E-state index in [4.69, 9.17) is 4.74 Å². The molecule has 0 aliphatic carbocycles. The SMILES string of the molecule is CCCNC1COCC1C(=O)NCC(=O)N(CC)CC. The molecule has 1 aliphatic heterocycles. The molecule has 20 heavy (non-hydrogen) atoms. The Hall–Kier alpha value is -1.14. The van der Waals surface area contributed by atoms with E-state index in [0.717, 1.165) is 13.0 Å². The predicted octanol–water partition coefficient (Wildman–Crippen LogP) is -0.0144. The van der Waals surface area contributed by atoms with Crippen molar-refractivity contribution in [3.8, 4) is 0 Å². The van der Waals surface area contributed by atoms with E-state index < -0.39 is 0 Å². The molecule has 116 valence electrons. The fraction of sp³-hybridized carbons (Fsp3) is 0.857. The molecule has 2 atom stereocenters. The maximum atomic E-state index is 12.1. The molecule has 2 unspecified atom stereocenters. The number of nitrogens with zero attached hydrogens (tertiary/aromatic N) is 1. The summed E-state index contributed by atoms with van der Waals surface area (Å²) in [6.45, 7) is 9.19. The van der Waals surface area contributed by atoms with E-state index in [-0.39, 0.29) is 30.3 Å². The Balaban J connectivity index is 2.39. The second-order valence-corrected chi connectivity index (χ2v) is 4.99. The summed E-state index contributed by atoms with van der Waals surface area (Å²) in [5, 5.41) is 6.04. The van der Waals surface area contributed by atoms with Crippen molar-refractivity contribution in [1.82, 2.24) is 15.5 Å². The van der Waals surface area contributed by atoms with Crippen molar-refractivity contribution in [3.63, 3.8) is 0 Å². The summed E-state index contributed by atoms with van der Waals surface area (Å²) >= 11 is 0. The number of amides is 2. The summed E-state index contributed by atoms with van der Waals surface area (Å²) in [7, 11) is 0. The third-order valence-electron chi connectivity index (χ3n) is 3.60. The van der Waals surface area contributed by atoms with E-state index in [9.17, 15) is 9.59 Å². The molecule has 2 N–H and O–H groups in total. The molecular formula is C14H27N3O3. The highest BCUT2D eigenvalue weighted by molar-refractivity contribution is 5.86. The minimum atomic E-state index is -0.203. The van der Waals surface area contributed by atoms with Crippen LogP contribution in [0.15, 0.2) is 0 Å². The lowest BCUT2D eigenvalue weighted by molar-refractivity contribution is -0.133. The molecule has 0 aromatic carbocycles. The normalized spacial score (nSPS) is 21.8. The van der Waals surface area contributed by atoms with E-state index in [1.807, 2.05) is 13.8 Å². The van der Waals surface area contributed by atoms with Crippen molar-refractivity contribution in [2.45, 2.75) is 33.2 Å². The monoisotopic (exact) mass is 285 g/mol. The van der Waals surface area contributed by atoms with Crippen LogP contribution in [-0.2, 0) is 14.3 Å². The molecule has 1 aliphatic rings. The fourth-order valence-electron chi connectivity index (χ4n) is 2.33. The lowest BCUT2D eigenvalue weighted by atomic mass is 10.0. The maximum Gasteiger partial charge on any atom is 0.241 e. The molecule has 1 fully saturated rings. The quantitative estimate of drug-likeness (QED) is 0.658. The van der Waals surface area contributed by atoms with Crippen molar-refractivity contribution in [1.29, 1.82) is 0 Å². The van der Waals surface area contributed by atoms with Gasteiger partial charge in [0.15, 0.2) is 0 Å². The Kier molecular flexibility index (Phi) is 7.54. The summed E-state index contributed by atoms with van der Waals surface area (Å²) in [4.78, 5) is 25.7. The van der Waals surface area contributed by atoms with Gasteiger partial charge in [0.1, 0.15) is 0 Å². The third kappa shape index (κ3) is 4.76. The summed E-state index contributed by atoms with van der Waals surface area (Å²) in [5.74, 6) is -0.344. The number of ether oxygens (including phenoxy) is 1. The third-order valence-corrected chi connectivity index (χ3v) is 3.60. The molecule has 0 radical (unpaired) electrons. The van der Waals surface area contributed by atoms with Crippen LogP contribution < -0.4 is 10.6 Å². The van der Waals surface area contributed by atoms with Gasteiger partial charge in [-0.1, -0.05) is 6.92 Å². The average molecular weight is 285 g/mol. The van der Waals surface area contributed by atoms with Crippen LogP contribution in [0.4, 0.5) is 0 Å². The lowest BCUT2D eigenvalue weighted by Crippen LogP contribution is -2.47. The Bertz CT molecular complexity index is 319. The first-order valence-electron chi connectivity index (χ1n) is 7.50. The molecule has 1 heterocycles. The summed E-state index contributed by atoms with van der Waals surface area (Å²) in [6.07, 6.45) is 1.02. The highest BCUT2D eigenvalue weighted by Crippen LogP contribution is 2.13. The van der Waals surface area contributed by atoms with Gasteiger partial charge < -0.3 is 20.3 Å². The number of hydrogen-bond acceptors (Lipinski definition) is 4. The fourth-order valence-corrected chi connectivity index (χ4v) is 2.33. The van der Waals surface area contributed by atoms with Crippen molar-refractivity contribution in [2.75, 3.05) is 39.4 Å². The summed E-state index contributed by atoms with van der Waals surface area (Å²) in [6, 6.07) is 0.0542. The lowest BCUT2D eigenvalue weighted by Gasteiger charge is -2.21. The van der Waals surface area contributed by atoms with Crippen LogP contribution in [0.5, 0.6) is 0 Å². The minimum Gasteiger partial charge on any atom is -0.379 e. The highest BCUT2D eigenvalue weighted by atomic mass is 16.5. The van der Waals surface area contributed by atoms with Crippen LogP contribution in [0, 0.1) is 5.92 Å². The second kappa shape index (κ2) is 8.92. The molecule has 1 saturated heterocycles. The van der Waals surface area contributed by atoms with Crippen molar-refractivity contribution >= 4 is 11.8 Å². The molecule has 6 heteroatoms. The van der Waals surface area contributed by atoms with Gasteiger partial charge in [0.25, 0.3) is 0 Å². The van der Waals surface area contributed by atoms with Crippen molar-refractivity contribution in [2.24, 2.45) is 5.92 Å². The predicted molar refractivity (Wildman–Crippen MR) is 77.3 cm³/mol. The summed E-state index contributed by atoms with van der Waals surface area (Å²) < 4.78 is 5.37. The molecule has 0 aromatic heterocycles. The van der Waals surface area contributed by atoms with Gasteiger partial charge >= 0.3 is 0 Å². The number of likely N-dealkylation sites (N-methyl/N-ethyl adjacent to an activating group) is 1. The zero-order chi connectivity index (χ0) is 15.0. The van der Waals surface area contributed by atoms with E-state index in [1.165, 1.54) is 0 Å². The van der Waals surface area contributed by atoms with Gasteiger partial charge in [-0.2, -0.15) is 0 Å². The van der Waals surface area contributed by atoms with Crippen LogP contribution in [0.3, 0.4) is 0 Å². The first-order chi connectivity index (χ1) is 9.63. The molecule has 0 bridgehead atoms. The average Bonchev–Trinajstić information content (AvgIpc) is 2.92. The topological polar surface area (TPSA) is 70.7 Å². The van der Waals surface area contributed by atoms with Gasteiger partial charge in [0, 0.05) is 19.1 Å². The van der Waals surface area contributed by atoms with Crippen LogP contribution >= 0.6 is 0 Å². The van der Waals surface area contributed by atoms with Gasteiger partial charge in [-0.05, 0) is 26.8 Å². The number of carbonyl (C=O) groups excluding carboxylic acids is 2. The first-order valence-corrected chi connectivity index (χ1v) is 7.50. The largest absolute Gasteiger partial charge is 0.379 e. The van der Waals surface area contributed by atoms with Gasteiger partial charge in [-0.15, -0.1) is 0 Å². The van der Waals surface area contributed by atoms with Crippen LogP contribution in [0.25, 0.3) is 0 Å². The molecule has 2 amide bonds. The van der Waals surface area contributed by atoms with Crippen LogP contribution in [0.2, 0.25) is 0 Å². The van der Waals surface area contributed by atoms with E-state index in [0.29, 0.717) is 26.3 Å². The molecule has 1 rings (SSSR count). The molecule has 6 nitrogen and oxygen atoms in total. The standard InChI is InChI=1S/C14H27N3O3/c1-4-7-15-12-10-20-9-11(12)14(19)16-8-13(18)17(5-2)6-3/h11-12,15H,4-10H2,1-3H3,(H,16,19). The first kappa shape index (κ1) is 16.9. The zero-order valence-electron chi connectivity index (χ0n) is 12.8. The van der Waals surface area contributed by atoms with Gasteiger partial charge in [-0.25, -0.2) is 0 Å². The van der Waals surface area contributed by atoms with Crippen LogP contribution in [-0.4, -0.2) is 62.1 Å². The zero-order valence-corrected chi connectivity index (χ0v) is 12.8. The Morgan fingerprint density at radius 1 is 1.20 bits per heavy atom. The smallest absolute Gasteiger partial charge is 0.241 e. The van der Waals surface area contributed by atoms with E-state index >= 15 is 0 Å². The number of nitrogens with one attached hydrogen (secondary N) is 2. The molecule has 0 spiro atoms. The summed E-state index contributed by atoms with van der Waals surface area (Å²) in [5.41, 5.74) is 0. The number of hydrogen-bond donors (Lipinski definition) is 2. The Labute approximate surface area is 121 Å². The molecular weight excluding hydrogens is 258 g/mol. The van der Waals surface area contributed by atoms with Gasteiger partial charge in [0.05, 0.1) is 25.7 Å².